The zero-order chi connectivity index (χ0) is 17.8. The number of hydrogen-bond donors (Lipinski definition) is 0. The molecule has 3 rings (SSSR count). The highest BCUT2D eigenvalue weighted by molar-refractivity contribution is 6.30. The summed E-state index contributed by atoms with van der Waals surface area (Å²) in [5.74, 6) is 0.137. The summed E-state index contributed by atoms with van der Waals surface area (Å²) in [6.45, 7) is 3.26. The fourth-order valence-electron chi connectivity index (χ4n) is 2.40. The van der Waals surface area contributed by atoms with Gasteiger partial charge < -0.3 is 4.74 Å². The van der Waals surface area contributed by atoms with E-state index in [-0.39, 0.29) is 5.97 Å². The van der Waals surface area contributed by atoms with E-state index in [0.29, 0.717) is 22.2 Å². The Hall–Kier alpha value is -2.79. The van der Waals surface area contributed by atoms with Crippen molar-refractivity contribution in [1.82, 2.24) is 15.0 Å². The normalized spacial score (nSPS) is 11.8. The second kappa shape index (κ2) is 7.40. The summed E-state index contributed by atoms with van der Waals surface area (Å²) in [6.07, 6.45) is 1.06. The summed E-state index contributed by atoms with van der Waals surface area (Å²) >= 11 is 5.95. The highest BCUT2D eigenvalue weighted by Crippen LogP contribution is 2.27. The highest BCUT2D eigenvalue weighted by atomic mass is 35.5. The zero-order valence-electron chi connectivity index (χ0n) is 13.8. The first kappa shape index (κ1) is 17.0. The van der Waals surface area contributed by atoms with Gasteiger partial charge in [-0.25, -0.2) is 15.0 Å². The van der Waals surface area contributed by atoms with Crippen LogP contribution in [0.25, 0.3) is 11.5 Å². The second-order valence-electron chi connectivity index (χ2n) is 5.51. The minimum absolute atomic E-state index is 0.390. The number of carbonyl (C=O) groups is 1. The Bertz CT molecular complexity index is 897. The van der Waals surface area contributed by atoms with Gasteiger partial charge in [0.15, 0.2) is 11.9 Å². The van der Waals surface area contributed by atoms with Crippen LogP contribution in [0.5, 0.6) is 0 Å². The first-order valence-electron chi connectivity index (χ1n) is 7.72. The van der Waals surface area contributed by atoms with Gasteiger partial charge in [0, 0.05) is 23.8 Å². The van der Waals surface area contributed by atoms with E-state index in [9.17, 15) is 4.79 Å². The third-order valence-electron chi connectivity index (χ3n) is 3.52. The Morgan fingerprint density at radius 3 is 2.52 bits per heavy atom. The Morgan fingerprint density at radius 1 is 1.08 bits per heavy atom. The van der Waals surface area contributed by atoms with E-state index in [1.54, 1.807) is 18.3 Å². The summed E-state index contributed by atoms with van der Waals surface area (Å²) in [5, 5.41) is 0.611. The van der Waals surface area contributed by atoms with Crippen LogP contribution >= 0.6 is 11.6 Å². The number of halogens is 1. The van der Waals surface area contributed by atoms with E-state index in [1.165, 1.54) is 6.92 Å². The minimum Gasteiger partial charge on any atom is -0.451 e. The van der Waals surface area contributed by atoms with E-state index in [4.69, 9.17) is 16.3 Å². The maximum Gasteiger partial charge on any atom is 0.303 e. The molecule has 2 aromatic heterocycles. The monoisotopic (exact) mass is 353 g/mol. The van der Waals surface area contributed by atoms with Gasteiger partial charge in [-0.3, -0.25) is 4.79 Å². The van der Waals surface area contributed by atoms with Gasteiger partial charge in [0.25, 0.3) is 0 Å². The number of nitrogens with zero attached hydrogens (tertiary/aromatic N) is 3. The molecule has 0 amide bonds. The number of ether oxygens (including phenoxy) is 1. The topological polar surface area (TPSA) is 65.0 Å². The Labute approximate surface area is 150 Å². The van der Waals surface area contributed by atoms with Crippen molar-refractivity contribution in [1.29, 1.82) is 0 Å². The first-order chi connectivity index (χ1) is 12.0. The predicted molar refractivity (Wildman–Crippen MR) is 95.1 cm³/mol. The van der Waals surface area contributed by atoms with Gasteiger partial charge >= 0.3 is 5.97 Å². The fraction of sp³-hybridized carbons (Fsp3) is 0.158. The highest BCUT2D eigenvalue weighted by Gasteiger charge is 2.20. The van der Waals surface area contributed by atoms with Gasteiger partial charge in [0.1, 0.15) is 5.69 Å². The van der Waals surface area contributed by atoms with Crippen molar-refractivity contribution in [3.05, 3.63) is 76.7 Å². The Kier molecular flexibility index (Phi) is 5.05. The molecule has 0 saturated carbocycles. The van der Waals surface area contributed by atoms with Gasteiger partial charge in [-0.2, -0.15) is 0 Å². The maximum absolute atomic E-state index is 11.6. The second-order valence-corrected chi connectivity index (χ2v) is 5.95. The van der Waals surface area contributed by atoms with E-state index in [2.05, 4.69) is 15.0 Å². The van der Waals surface area contributed by atoms with Gasteiger partial charge in [0.2, 0.25) is 0 Å². The molecule has 1 atom stereocenters. The number of rotatable bonds is 4. The Morgan fingerprint density at radius 2 is 1.84 bits per heavy atom. The van der Waals surface area contributed by atoms with Crippen LogP contribution < -0.4 is 0 Å². The molecule has 0 fully saturated rings. The predicted octanol–water partition coefficient (Wildman–Crippen LogP) is 4.15. The zero-order valence-corrected chi connectivity index (χ0v) is 14.6. The number of esters is 1. The van der Waals surface area contributed by atoms with Crippen molar-refractivity contribution < 1.29 is 9.53 Å². The van der Waals surface area contributed by atoms with Crippen LogP contribution in [0.15, 0.2) is 54.7 Å². The molecule has 0 aliphatic heterocycles. The van der Waals surface area contributed by atoms with Crippen LogP contribution in [-0.4, -0.2) is 20.9 Å². The van der Waals surface area contributed by atoms with E-state index in [1.807, 2.05) is 43.3 Å². The van der Waals surface area contributed by atoms with Gasteiger partial charge in [-0.1, -0.05) is 29.8 Å². The molecule has 2 heterocycles. The number of hydrogen-bond acceptors (Lipinski definition) is 5. The standard InChI is InChI=1S/C19H16ClN3O2/c1-12-10-11-21-19(22-12)17-5-3-4-16(23-17)18(25-13(2)24)14-6-8-15(20)9-7-14/h3-11,18H,1-2H3. The largest absolute Gasteiger partial charge is 0.451 e. The molecular weight excluding hydrogens is 338 g/mol. The fourth-order valence-corrected chi connectivity index (χ4v) is 2.52. The molecule has 5 nitrogen and oxygen atoms in total. The summed E-state index contributed by atoms with van der Waals surface area (Å²) in [6, 6.07) is 14.4. The number of aromatic nitrogens is 3. The average Bonchev–Trinajstić information content (AvgIpc) is 2.60. The molecule has 0 aliphatic rings. The summed E-state index contributed by atoms with van der Waals surface area (Å²) in [4.78, 5) is 24.8. The van der Waals surface area contributed by atoms with Crippen LogP contribution in [0.4, 0.5) is 0 Å². The molecule has 0 spiro atoms. The SMILES string of the molecule is CC(=O)OC(c1ccc(Cl)cc1)c1cccc(-c2nccc(C)n2)n1. The lowest BCUT2D eigenvalue weighted by molar-refractivity contribution is -0.144. The molecule has 0 aliphatic carbocycles. The molecule has 0 saturated heterocycles. The first-order valence-corrected chi connectivity index (χ1v) is 8.10. The van der Waals surface area contributed by atoms with Crippen molar-refractivity contribution in [3.8, 4) is 11.5 Å². The molecule has 3 aromatic rings. The van der Waals surface area contributed by atoms with Crippen molar-refractivity contribution in [2.75, 3.05) is 0 Å². The lowest BCUT2D eigenvalue weighted by Crippen LogP contribution is -2.12. The van der Waals surface area contributed by atoms with Crippen LogP contribution in [-0.2, 0) is 9.53 Å². The quantitative estimate of drug-likeness (QED) is 0.659. The third kappa shape index (κ3) is 4.19. The van der Waals surface area contributed by atoms with Crippen LogP contribution in [0.2, 0.25) is 5.02 Å². The summed E-state index contributed by atoms with van der Waals surface area (Å²) in [7, 11) is 0. The van der Waals surface area contributed by atoms with Gasteiger partial charge in [-0.05, 0) is 42.8 Å². The molecule has 25 heavy (non-hydrogen) atoms. The number of benzene rings is 1. The van der Waals surface area contributed by atoms with Crippen molar-refractivity contribution in [2.24, 2.45) is 0 Å². The van der Waals surface area contributed by atoms with Crippen LogP contribution in [0, 0.1) is 6.92 Å². The van der Waals surface area contributed by atoms with Crippen molar-refractivity contribution >= 4 is 17.6 Å². The third-order valence-corrected chi connectivity index (χ3v) is 3.77. The summed E-state index contributed by atoms with van der Waals surface area (Å²) in [5.41, 5.74) is 2.85. The molecule has 1 unspecified atom stereocenters. The van der Waals surface area contributed by atoms with E-state index in [0.717, 1.165) is 11.3 Å². The molecule has 0 bridgehead atoms. The van der Waals surface area contributed by atoms with Gasteiger partial charge in [-0.15, -0.1) is 0 Å². The van der Waals surface area contributed by atoms with Crippen LogP contribution in [0.3, 0.4) is 0 Å². The molecular formula is C19H16ClN3O2. The van der Waals surface area contributed by atoms with E-state index < -0.39 is 6.10 Å². The number of pyridine rings is 1. The van der Waals surface area contributed by atoms with Crippen LogP contribution in [0.1, 0.15) is 30.0 Å². The van der Waals surface area contributed by atoms with Gasteiger partial charge in [0.05, 0.1) is 5.69 Å². The lowest BCUT2D eigenvalue weighted by atomic mass is 10.1. The molecule has 1 aromatic carbocycles. The molecule has 126 valence electrons. The van der Waals surface area contributed by atoms with Crippen molar-refractivity contribution in [3.63, 3.8) is 0 Å². The van der Waals surface area contributed by atoms with Crippen molar-refractivity contribution in [2.45, 2.75) is 20.0 Å². The van der Waals surface area contributed by atoms with E-state index >= 15 is 0 Å². The summed E-state index contributed by atoms with van der Waals surface area (Å²) < 4.78 is 5.49. The minimum atomic E-state index is -0.625. The number of carbonyl (C=O) groups excluding carboxylic acids is 1. The molecule has 6 heteroatoms. The Balaban J connectivity index is 2.02. The number of aryl methyl sites for hydroxylation is 1. The lowest BCUT2D eigenvalue weighted by Gasteiger charge is -2.17. The average molecular weight is 354 g/mol. The maximum atomic E-state index is 11.6. The molecule has 0 radical (unpaired) electrons. The smallest absolute Gasteiger partial charge is 0.303 e. The molecule has 0 N–H and O–H groups in total.